The van der Waals surface area contributed by atoms with Crippen LogP contribution in [-0.4, -0.2) is 54.3 Å². The average molecular weight is 533 g/mol. The van der Waals surface area contributed by atoms with Crippen molar-refractivity contribution in [2.75, 3.05) is 13.6 Å². The highest BCUT2D eigenvalue weighted by atomic mass is 16.2. The maximum Gasteiger partial charge on any atom is 0.245 e. The number of hydrogen-bond acceptors (Lipinski definition) is 4. The molecule has 3 amide bonds. The smallest absolute Gasteiger partial charge is 0.245 e. The fraction of sp³-hybridized carbons (Fsp3) is 0.531. The average Bonchev–Trinajstić information content (AvgIpc) is 3.41. The largest absolute Gasteiger partial charge is 0.347 e. The summed E-state index contributed by atoms with van der Waals surface area (Å²) in [7, 11) is 1.72. The van der Waals surface area contributed by atoms with Crippen LogP contribution in [0.4, 0.5) is 0 Å². The van der Waals surface area contributed by atoms with Gasteiger partial charge in [0.2, 0.25) is 17.7 Å². The number of fused-ring (bicyclic) bond motifs is 1. The molecule has 4 rings (SSSR count). The Balaban J connectivity index is 1.54. The van der Waals surface area contributed by atoms with Crippen molar-refractivity contribution in [2.45, 2.75) is 83.5 Å². The Bertz CT molecular complexity index is 1140. The van der Waals surface area contributed by atoms with Gasteiger partial charge in [0.05, 0.1) is 12.1 Å². The van der Waals surface area contributed by atoms with Gasteiger partial charge < -0.3 is 20.9 Å². The Morgan fingerprint density at radius 3 is 2.44 bits per heavy atom. The third kappa shape index (κ3) is 7.07. The van der Waals surface area contributed by atoms with E-state index in [9.17, 15) is 14.4 Å². The molecule has 0 spiro atoms. The zero-order valence-corrected chi connectivity index (χ0v) is 23.8. The van der Waals surface area contributed by atoms with Crippen LogP contribution >= 0.6 is 0 Å². The van der Waals surface area contributed by atoms with Crippen molar-refractivity contribution in [3.8, 4) is 0 Å². The summed E-state index contributed by atoms with van der Waals surface area (Å²) < 4.78 is 0. The van der Waals surface area contributed by atoms with Gasteiger partial charge in [-0.3, -0.25) is 14.4 Å². The molecule has 0 radical (unpaired) electrons. The molecular weight excluding hydrogens is 488 g/mol. The fourth-order valence-electron chi connectivity index (χ4n) is 5.86. The topological polar surface area (TPSA) is 90.5 Å². The third-order valence-corrected chi connectivity index (χ3v) is 8.55. The molecule has 39 heavy (non-hydrogen) atoms. The monoisotopic (exact) mass is 532 g/mol. The summed E-state index contributed by atoms with van der Waals surface area (Å²) in [6, 6.07) is 16.6. The number of carbonyl (C=O) groups is 3. The van der Waals surface area contributed by atoms with Crippen LogP contribution in [0.25, 0.3) is 0 Å². The van der Waals surface area contributed by atoms with Gasteiger partial charge in [-0.1, -0.05) is 68.4 Å². The molecule has 7 heteroatoms. The number of benzene rings is 2. The summed E-state index contributed by atoms with van der Waals surface area (Å²) >= 11 is 0. The van der Waals surface area contributed by atoms with Gasteiger partial charge >= 0.3 is 0 Å². The summed E-state index contributed by atoms with van der Waals surface area (Å²) in [6.07, 6.45) is 4.71. The Morgan fingerprint density at radius 2 is 1.72 bits per heavy atom. The quantitative estimate of drug-likeness (QED) is 0.435. The lowest BCUT2D eigenvalue weighted by molar-refractivity contribution is -0.142. The van der Waals surface area contributed by atoms with Crippen LogP contribution in [0, 0.1) is 11.8 Å². The molecule has 0 saturated carbocycles. The summed E-state index contributed by atoms with van der Waals surface area (Å²) in [5.41, 5.74) is 3.58. The molecule has 210 valence electrons. The first kappa shape index (κ1) is 28.8. The van der Waals surface area contributed by atoms with Gasteiger partial charge in [-0.2, -0.15) is 0 Å². The van der Waals surface area contributed by atoms with Crippen molar-refractivity contribution in [3.63, 3.8) is 0 Å². The molecule has 0 aromatic heterocycles. The van der Waals surface area contributed by atoms with E-state index in [1.807, 2.05) is 42.5 Å². The van der Waals surface area contributed by atoms with Gasteiger partial charge in [0.15, 0.2) is 0 Å². The number of carbonyl (C=O) groups excluding carboxylic acids is 3. The van der Waals surface area contributed by atoms with Crippen molar-refractivity contribution in [1.29, 1.82) is 0 Å². The maximum atomic E-state index is 14.1. The van der Waals surface area contributed by atoms with Crippen LogP contribution in [0.2, 0.25) is 0 Å². The van der Waals surface area contributed by atoms with E-state index >= 15 is 0 Å². The van der Waals surface area contributed by atoms with E-state index in [2.05, 4.69) is 41.9 Å². The minimum absolute atomic E-state index is 0.0393. The molecule has 2 aromatic carbocycles. The van der Waals surface area contributed by atoms with E-state index in [4.69, 9.17) is 0 Å². The number of likely N-dealkylation sites (tertiary alicyclic amines) is 1. The number of hydrogen-bond donors (Lipinski definition) is 3. The van der Waals surface area contributed by atoms with Crippen molar-refractivity contribution >= 4 is 17.7 Å². The van der Waals surface area contributed by atoms with Crippen LogP contribution in [0.1, 0.15) is 69.2 Å². The number of nitrogens with zero attached hydrogens (tertiary/aromatic N) is 1. The summed E-state index contributed by atoms with van der Waals surface area (Å²) in [5.74, 6) is 0.0865. The van der Waals surface area contributed by atoms with E-state index in [1.54, 1.807) is 18.9 Å². The van der Waals surface area contributed by atoms with Crippen LogP contribution in [-0.2, 0) is 27.2 Å². The van der Waals surface area contributed by atoms with Gasteiger partial charge in [0.25, 0.3) is 0 Å². The van der Waals surface area contributed by atoms with Crippen LogP contribution in [0.5, 0.6) is 0 Å². The summed E-state index contributed by atoms with van der Waals surface area (Å²) in [4.78, 5) is 42.5. The molecule has 7 nitrogen and oxygen atoms in total. The lowest BCUT2D eigenvalue weighted by atomic mass is 9.87. The summed E-state index contributed by atoms with van der Waals surface area (Å²) in [6.45, 7) is 6.59. The van der Waals surface area contributed by atoms with E-state index in [0.29, 0.717) is 31.7 Å². The number of aryl methyl sites for hydroxylation is 2. The van der Waals surface area contributed by atoms with E-state index in [1.165, 1.54) is 11.1 Å². The highest BCUT2D eigenvalue weighted by molar-refractivity contribution is 5.93. The fourth-order valence-corrected chi connectivity index (χ4v) is 5.86. The second kappa shape index (κ2) is 13.2. The molecule has 3 N–H and O–H groups in total. The molecule has 2 aromatic rings. The van der Waals surface area contributed by atoms with Crippen molar-refractivity contribution in [1.82, 2.24) is 20.9 Å². The van der Waals surface area contributed by atoms with E-state index in [0.717, 1.165) is 24.8 Å². The van der Waals surface area contributed by atoms with Crippen molar-refractivity contribution < 1.29 is 14.4 Å². The molecule has 1 saturated heterocycles. The number of amides is 3. The molecule has 0 unspecified atom stereocenters. The number of rotatable bonds is 10. The molecule has 1 aliphatic heterocycles. The predicted molar refractivity (Wildman–Crippen MR) is 154 cm³/mol. The normalized spacial score (nSPS) is 22.2. The van der Waals surface area contributed by atoms with Gasteiger partial charge in [0.1, 0.15) is 12.1 Å². The molecule has 1 heterocycles. The lowest BCUT2D eigenvalue weighted by Gasteiger charge is -2.32. The van der Waals surface area contributed by atoms with Gasteiger partial charge in [0, 0.05) is 6.54 Å². The molecular formula is C32H44N4O3. The van der Waals surface area contributed by atoms with Crippen LogP contribution in [0.3, 0.4) is 0 Å². The van der Waals surface area contributed by atoms with Crippen LogP contribution in [0.15, 0.2) is 54.6 Å². The zero-order chi connectivity index (χ0) is 27.9. The first-order valence-electron chi connectivity index (χ1n) is 14.5. The van der Waals surface area contributed by atoms with Gasteiger partial charge in [-0.05, 0) is 81.0 Å². The van der Waals surface area contributed by atoms with E-state index < -0.39 is 18.1 Å². The van der Waals surface area contributed by atoms with Gasteiger partial charge in [-0.25, -0.2) is 0 Å². The highest BCUT2D eigenvalue weighted by Crippen LogP contribution is 2.33. The lowest BCUT2D eigenvalue weighted by Crippen LogP contribution is -2.56. The molecule has 1 fully saturated rings. The molecule has 1 aliphatic carbocycles. The predicted octanol–water partition coefficient (Wildman–Crippen LogP) is 3.78. The SMILES string of the molecule is CN[C@@H](C)C(=O)N[C@@H](CCc1ccccc1)C(=O)N1C[C@@H](C(C)C)C[C@H]1C(=O)N[C@@H]1CCCc2ccccc21. The minimum atomic E-state index is -0.704. The van der Waals surface area contributed by atoms with E-state index in [-0.39, 0.29) is 29.7 Å². The maximum absolute atomic E-state index is 14.1. The third-order valence-electron chi connectivity index (χ3n) is 8.55. The summed E-state index contributed by atoms with van der Waals surface area (Å²) in [5, 5.41) is 9.24. The standard InChI is InChI=1S/C32H44N4O3/c1-21(2)25-19-29(31(38)34-27-16-10-14-24-13-8-9-15-26(24)27)36(20-25)32(39)28(35-30(37)22(3)33-4)18-17-23-11-6-5-7-12-23/h5-9,11-13,15,21-22,25,27-29,33H,10,14,16-20H2,1-4H3,(H,34,38)(H,35,37)/t22-,25-,27+,28-,29-/m0/s1. The van der Waals surface area contributed by atoms with Crippen molar-refractivity contribution in [3.05, 3.63) is 71.3 Å². The van der Waals surface area contributed by atoms with Crippen molar-refractivity contribution in [2.24, 2.45) is 11.8 Å². The minimum Gasteiger partial charge on any atom is -0.347 e. The molecule has 0 bridgehead atoms. The Labute approximate surface area is 233 Å². The Hall–Kier alpha value is -3.19. The van der Waals surface area contributed by atoms with Gasteiger partial charge in [-0.15, -0.1) is 0 Å². The first-order chi connectivity index (χ1) is 18.8. The number of likely N-dealkylation sites (N-methyl/N-ethyl adjacent to an activating group) is 1. The number of nitrogens with one attached hydrogen (secondary N) is 3. The molecule has 2 aliphatic rings. The van der Waals surface area contributed by atoms with Crippen LogP contribution < -0.4 is 16.0 Å². The second-order valence-electron chi connectivity index (χ2n) is 11.5. The second-order valence-corrected chi connectivity index (χ2v) is 11.5. The Morgan fingerprint density at radius 1 is 1.00 bits per heavy atom. The molecule has 5 atom stereocenters. The highest BCUT2D eigenvalue weighted by Gasteiger charge is 2.43. The first-order valence-corrected chi connectivity index (χ1v) is 14.5. The zero-order valence-electron chi connectivity index (χ0n) is 23.8. The Kier molecular flexibility index (Phi) is 9.78.